The van der Waals surface area contributed by atoms with Crippen LogP contribution in [0.1, 0.15) is 19.0 Å². The number of carbonyl (C=O) groups excluding carboxylic acids is 1. The molecule has 10 heteroatoms. The van der Waals surface area contributed by atoms with Gasteiger partial charge in [-0.1, -0.05) is 18.2 Å². The molecule has 186 valence electrons. The van der Waals surface area contributed by atoms with Crippen LogP contribution in [0.25, 0.3) is 11.4 Å². The normalized spacial score (nSPS) is 10.6. The van der Waals surface area contributed by atoms with Gasteiger partial charge in [-0.05, 0) is 37.3 Å². The molecule has 0 fully saturated rings. The van der Waals surface area contributed by atoms with Crippen LogP contribution in [0, 0.1) is 0 Å². The molecule has 2 N–H and O–H groups in total. The maximum Gasteiger partial charge on any atom is 0.273 e. The molecule has 0 aliphatic carbocycles. The number of ether oxygens (including phenoxy) is 4. The topological polar surface area (TPSA) is 125 Å². The minimum absolute atomic E-state index is 0.115. The van der Waals surface area contributed by atoms with E-state index in [1.165, 1.54) is 7.11 Å². The molecule has 0 saturated heterocycles. The minimum Gasteiger partial charge on any atom is -0.493 e. The van der Waals surface area contributed by atoms with E-state index in [9.17, 15) is 9.59 Å². The summed E-state index contributed by atoms with van der Waals surface area (Å²) >= 11 is 0. The summed E-state index contributed by atoms with van der Waals surface area (Å²) in [6.07, 6.45) is 0.286. The summed E-state index contributed by atoms with van der Waals surface area (Å²) in [6, 6.07) is 14.5. The average Bonchev–Trinajstić information content (AvgIpc) is 2.89. The number of aromatic amines is 1. The number of para-hydroxylation sites is 1. The highest BCUT2D eigenvalue weighted by atomic mass is 16.5. The number of benzene rings is 2. The highest BCUT2D eigenvalue weighted by molar-refractivity contribution is 5.76. The van der Waals surface area contributed by atoms with Gasteiger partial charge in [0, 0.05) is 25.0 Å². The Morgan fingerprint density at radius 3 is 2.57 bits per heavy atom. The van der Waals surface area contributed by atoms with Crippen LogP contribution in [0.4, 0.5) is 0 Å². The van der Waals surface area contributed by atoms with Crippen LogP contribution < -0.4 is 25.1 Å². The van der Waals surface area contributed by atoms with Gasteiger partial charge in [-0.25, -0.2) is 0 Å². The van der Waals surface area contributed by atoms with E-state index in [1.807, 2.05) is 37.3 Å². The van der Waals surface area contributed by atoms with Crippen molar-refractivity contribution < 1.29 is 23.7 Å². The second-order valence-corrected chi connectivity index (χ2v) is 7.37. The Labute approximate surface area is 203 Å². The SMILES string of the molecule is CCOCCOc1ccc(-c2nnc(CCC(=O)NCCOc3ccccc3)c(=O)[nH]2)cc1OC. The first-order chi connectivity index (χ1) is 17.1. The number of hydrogen-bond donors (Lipinski definition) is 2. The van der Waals surface area contributed by atoms with Crippen LogP contribution >= 0.6 is 0 Å². The number of aryl methyl sites for hydroxylation is 1. The van der Waals surface area contributed by atoms with Crippen LogP contribution in [0.15, 0.2) is 53.3 Å². The molecular weight excluding hydrogens is 452 g/mol. The van der Waals surface area contributed by atoms with Crippen molar-refractivity contribution in [1.29, 1.82) is 0 Å². The predicted molar refractivity (Wildman–Crippen MR) is 130 cm³/mol. The molecule has 0 aliphatic rings. The van der Waals surface area contributed by atoms with Crippen LogP contribution in [0.2, 0.25) is 0 Å². The Morgan fingerprint density at radius 2 is 1.83 bits per heavy atom. The first-order valence-electron chi connectivity index (χ1n) is 11.4. The number of methoxy groups -OCH3 is 1. The molecule has 0 unspecified atom stereocenters. The van der Waals surface area contributed by atoms with Crippen molar-refractivity contribution in [3.63, 3.8) is 0 Å². The monoisotopic (exact) mass is 482 g/mol. The van der Waals surface area contributed by atoms with E-state index < -0.39 is 5.56 Å². The highest BCUT2D eigenvalue weighted by Gasteiger charge is 2.12. The second-order valence-electron chi connectivity index (χ2n) is 7.37. The van der Waals surface area contributed by atoms with Crippen LogP contribution in [0.3, 0.4) is 0 Å². The lowest BCUT2D eigenvalue weighted by atomic mass is 10.2. The predicted octanol–water partition coefficient (Wildman–Crippen LogP) is 2.38. The fourth-order valence-corrected chi connectivity index (χ4v) is 3.14. The largest absolute Gasteiger partial charge is 0.493 e. The molecule has 1 heterocycles. The lowest BCUT2D eigenvalue weighted by Crippen LogP contribution is -2.29. The van der Waals surface area contributed by atoms with Gasteiger partial charge in [0.2, 0.25) is 5.91 Å². The van der Waals surface area contributed by atoms with E-state index in [0.29, 0.717) is 55.9 Å². The molecule has 3 aromatic rings. The van der Waals surface area contributed by atoms with Crippen molar-refractivity contribution in [3.8, 4) is 28.6 Å². The van der Waals surface area contributed by atoms with E-state index in [2.05, 4.69) is 20.5 Å². The summed E-state index contributed by atoms with van der Waals surface area (Å²) in [5.74, 6) is 1.89. The van der Waals surface area contributed by atoms with E-state index in [4.69, 9.17) is 18.9 Å². The summed E-state index contributed by atoms with van der Waals surface area (Å²) < 4.78 is 21.9. The number of carbonyl (C=O) groups is 1. The molecule has 10 nitrogen and oxygen atoms in total. The van der Waals surface area contributed by atoms with E-state index >= 15 is 0 Å². The molecule has 0 radical (unpaired) electrons. The number of H-pyrrole nitrogens is 1. The summed E-state index contributed by atoms with van der Waals surface area (Å²) in [5, 5.41) is 10.9. The van der Waals surface area contributed by atoms with Crippen molar-refractivity contribution in [2.24, 2.45) is 0 Å². The van der Waals surface area contributed by atoms with E-state index in [0.717, 1.165) is 5.75 Å². The standard InChI is InChI=1S/C25H30N4O6/c1-3-33-15-16-35-21-11-9-18(17-22(21)32-2)24-27-25(31)20(28-29-24)10-12-23(30)26-13-14-34-19-7-5-4-6-8-19/h4-9,11,17H,3,10,12-16H2,1-2H3,(H,26,30)(H,27,29,31). The smallest absolute Gasteiger partial charge is 0.273 e. The molecule has 0 saturated carbocycles. The first-order valence-corrected chi connectivity index (χ1v) is 11.4. The molecular formula is C25H30N4O6. The summed E-state index contributed by atoms with van der Waals surface area (Å²) in [4.78, 5) is 27.3. The van der Waals surface area contributed by atoms with Gasteiger partial charge < -0.3 is 29.2 Å². The number of rotatable bonds is 14. The van der Waals surface area contributed by atoms with E-state index in [-0.39, 0.29) is 24.4 Å². The van der Waals surface area contributed by atoms with Gasteiger partial charge in [-0.3, -0.25) is 9.59 Å². The highest BCUT2D eigenvalue weighted by Crippen LogP contribution is 2.31. The maximum atomic E-state index is 12.5. The van der Waals surface area contributed by atoms with Gasteiger partial charge in [0.1, 0.15) is 24.7 Å². The Balaban J connectivity index is 1.50. The Bertz CT molecular complexity index is 1140. The number of nitrogens with one attached hydrogen (secondary N) is 2. The third kappa shape index (κ3) is 8.11. The summed E-state index contributed by atoms with van der Waals surface area (Å²) in [5.41, 5.74) is 0.407. The minimum atomic E-state index is -0.397. The Morgan fingerprint density at radius 1 is 1.00 bits per heavy atom. The van der Waals surface area contributed by atoms with Crippen molar-refractivity contribution in [2.75, 3.05) is 40.1 Å². The summed E-state index contributed by atoms with van der Waals surface area (Å²) in [7, 11) is 1.53. The van der Waals surface area contributed by atoms with Crippen molar-refractivity contribution in [3.05, 3.63) is 64.6 Å². The molecule has 0 bridgehead atoms. The molecule has 3 rings (SSSR count). The Hall–Kier alpha value is -3.92. The molecule has 1 amide bonds. The number of nitrogens with zero attached hydrogens (tertiary/aromatic N) is 2. The van der Waals surface area contributed by atoms with Crippen molar-refractivity contribution in [1.82, 2.24) is 20.5 Å². The molecule has 35 heavy (non-hydrogen) atoms. The second kappa shape index (κ2) is 13.7. The fraction of sp³-hybridized carbons (Fsp3) is 0.360. The van der Waals surface area contributed by atoms with Crippen LogP contribution in [0.5, 0.6) is 17.2 Å². The van der Waals surface area contributed by atoms with Crippen molar-refractivity contribution >= 4 is 5.91 Å². The third-order valence-electron chi connectivity index (χ3n) is 4.92. The lowest BCUT2D eigenvalue weighted by molar-refractivity contribution is -0.121. The molecule has 0 atom stereocenters. The van der Waals surface area contributed by atoms with Crippen LogP contribution in [-0.4, -0.2) is 61.2 Å². The number of aromatic nitrogens is 3. The van der Waals surface area contributed by atoms with Gasteiger partial charge in [0.05, 0.1) is 20.3 Å². The average molecular weight is 483 g/mol. The zero-order valence-corrected chi connectivity index (χ0v) is 19.9. The lowest BCUT2D eigenvalue weighted by Gasteiger charge is -2.12. The van der Waals surface area contributed by atoms with Gasteiger partial charge in [0.15, 0.2) is 17.3 Å². The van der Waals surface area contributed by atoms with Gasteiger partial charge in [-0.2, -0.15) is 0 Å². The van der Waals surface area contributed by atoms with Gasteiger partial charge >= 0.3 is 0 Å². The quantitative estimate of drug-likeness (QED) is 0.336. The van der Waals surface area contributed by atoms with Gasteiger partial charge in [0.25, 0.3) is 5.56 Å². The molecule has 0 aliphatic heterocycles. The third-order valence-corrected chi connectivity index (χ3v) is 4.92. The first kappa shape index (κ1) is 25.7. The number of amides is 1. The molecule has 0 spiro atoms. The van der Waals surface area contributed by atoms with Crippen molar-refractivity contribution in [2.45, 2.75) is 19.8 Å². The van der Waals surface area contributed by atoms with Crippen LogP contribution in [-0.2, 0) is 16.0 Å². The van der Waals surface area contributed by atoms with Gasteiger partial charge in [-0.15, -0.1) is 10.2 Å². The molecule has 1 aromatic heterocycles. The number of hydrogen-bond acceptors (Lipinski definition) is 8. The molecule has 2 aromatic carbocycles. The zero-order valence-electron chi connectivity index (χ0n) is 19.9. The van der Waals surface area contributed by atoms with E-state index in [1.54, 1.807) is 18.2 Å². The zero-order chi connectivity index (χ0) is 24.9. The maximum absolute atomic E-state index is 12.5. The fourth-order valence-electron chi connectivity index (χ4n) is 3.14. The summed E-state index contributed by atoms with van der Waals surface area (Å²) in [6.45, 7) is 4.12. The Kier molecular flexibility index (Phi) is 10.1.